The number of nitrogens with two attached hydrogens (primary N) is 2. The van der Waals surface area contributed by atoms with Gasteiger partial charge in [0.2, 0.25) is 0 Å². The molecule has 1 aliphatic rings. The van der Waals surface area contributed by atoms with Crippen LogP contribution in [-0.4, -0.2) is 18.9 Å². The van der Waals surface area contributed by atoms with Gasteiger partial charge in [0, 0.05) is 7.11 Å². The highest BCUT2D eigenvalue weighted by molar-refractivity contribution is 5.22. The Bertz CT molecular complexity index is 176. The SMILES string of the molecule is COC1(N)C=CC=CC1N. The minimum Gasteiger partial charge on any atom is -0.358 e. The molecule has 0 fully saturated rings. The average Bonchev–Trinajstić information content (AvgIpc) is 1.96. The minimum atomic E-state index is -0.811. The maximum atomic E-state index is 5.72. The van der Waals surface area contributed by atoms with Crippen LogP contribution >= 0.6 is 0 Å². The van der Waals surface area contributed by atoms with Crippen molar-refractivity contribution in [3.63, 3.8) is 0 Å². The molecule has 0 bridgehead atoms. The van der Waals surface area contributed by atoms with Crippen LogP contribution in [0.3, 0.4) is 0 Å². The third kappa shape index (κ3) is 1.11. The van der Waals surface area contributed by atoms with Gasteiger partial charge in [-0.3, -0.25) is 5.73 Å². The van der Waals surface area contributed by atoms with Crippen molar-refractivity contribution in [2.24, 2.45) is 11.5 Å². The van der Waals surface area contributed by atoms with Crippen molar-refractivity contribution >= 4 is 0 Å². The molecule has 0 saturated carbocycles. The number of allylic oxidation sites excluding steroid dienone is 2. The van der Waals surface area contributed by atoms with Crippen molar-refractivity contribution < 1.29 is 4.74 Å². The summed E-state index contributed by atoms with van der Waals surface area (Å²) in [5.74, 6) is 0. The van der Waals surface area contributed by atoms with Crippen LogP contribution in [0.2, 0.25) is 0 Å². The fourth-order valence-electron chi connectivity index (χ4n) is 0.855. The maximum absolute atomic E-state index is 5.72. The topological polar surface area (TPSA) is 61.3 Å². The van der Waals surface area contributed by atoms with E-state index in [2.05, 4.69) is 0 Å². The highest BCUT2D eigenvalue weighted by atomic mass is 16.5. The number of ether oxygens (including phenoxy) is 1. The predicted molar refractivity (Wildman–Crippen MR) is 40.2 cm³/mol. The Morgan fingerprint density at radius 2 is 2.20 bits per heavy atom. The van der Waals surface area contributed by atoms with E-state index in [1.807, 2.05) is 18.2 Å². The summed E-state index contributed by atoms with van der Waals surface area (Å²) in [6, 6.07) is -0.248. The van der Waals surface area contributed by atoms with E-state index >= 15 is 0 Å². The van der Waals surface area contributed by atoms with Crippen LogP contribution in [0.25, 0.3) is 0 Å². The molecule has 0 saturated heterocycles. The standard InChI is InChI=1S/C7H12N2O/c1-10-7(9)5-3-2-4-6(7)8/h2-6H,8-9H2,1H3. The Morgan fingerprint density at radius 1 is 1.50 bits per heavy atom. The zero-order valence-electron chi connectivity index (χ0n) is 5.95. The number of rotatable bonds is 1. The van der Waals surface area contributed by atoms with E-state index in [0.717, 1.165) is 0 Å². The first-order valence-corrected chi connectivity index (χ1v) is 3.15. The summed E-state index contributed by atoms with van der Waals surface area (Å²) in [6.07, 6.45) is 7.24. The van der Waals surface area contributed by atoms with Gasteiger partial charge in [0.15, 0.2) is 5.72 Å². The molecule has 0 aromatic heterocycles. The molecule has 0 aromatic rings. The first kappa shape index (κ1) is 7.47. The smallest absolute Gasteiger partial charge is 0.154 e. The van der Waals surface area contributed by atoms with Crippen LogP contribution in [0.1, 0.15) is 0 Å². The first-order valence-electron chi connectivity index (χ1n) is 3.15. The van der Waals surface area contributed by atoms with Gasteiger partial charge < -0.3 is 10.5 Å². The van der Waals surface area contributed by atoms with Gasteiger partial charge in [-0.15, -0.1) is 0 Å². The molecule has 1 rings (SSSR count). The lowest BCUT2D eigenvalue weighted by Crippen LogP contribution is -2.55. The fourth-order valence-corrected chi connectivity index (χ4v) is 0.855. The second-order valence-electron chi connectivity index (χ2n) is 2.33. The Balaban J connectivity index is 2.77. The molecule has 0 radical (unpaired) electrons. The summed E-state index contributed by atoms with van der Waals surface area (Å²) in [4.78, 5) is 0. The van der Waals surface area contributed by atoms with E-state index in [1.54, 1.807) is 13.2 Å². The molecule has 0 amide bonds. The van der Waals surface area contributed by atoms with Gasteiger partial charge >= 0.3 is 0 Å². The largest absolute Gasteiger partial charge is 0.358 e. The van der Waals surface area contributed by atoms with Crippen LogP contribution < -0.4 is 11.5 Å². The Hall–Kier alpha value is -0.640. The first-order chi connectivity index (χ1) is 4.69. The molecule has 0 heterocycles. The van der Waals surface area contributed by atoms with Gasteiger partial charge in [0.05, 0.1) is 6.04 Å². The summed E-state index contributed by atoms with van der Waals surface area (Å²) >= 11 is 0. The molecule has 0 aromatic carbocycles. The summed E-state index contributed by atoms with van der Waals surface area (Å²) in [6.45, 7) is 0. The van der Waals surface area contributed by atoms with Crippen molar-refractivity contribution in [1.29, 1.82) is 0 Å². The van der Waals surface area contributed by atoms with Gasteiger partial charge in [-0.1, -0.05) is 18.2 Å². The highest BCUT2D eigenvalue weighted by Crippen LogP contribution is 2.13. The van der Waals surface area contributed by atoms with E-state index in [4.69, 9.17) is 16.2 Å². The maximum Gasteiger partial charge on any atom is 0.154 e. The zero-order chi connectivity index (χ0) is 7.61. The van der Waals surface area contributed by atoms with Gasteiger partial charge in [-0.25, -0.2) is 0 Å². The lowest BCUT2D eigenvalue weighted by molar-refractivity contribution is 0.0265. The molecule has 2 atom stereocenters. The monoisotopic (exact) mass is 140 g/mol. The lowest BCUT2D eigenvalue weighted by Gasteiger charge is -2.30. The predicted octanol–water partition coefficient (Wildman–Crippen LogP) is -0.259. The summed E-state index contributed by atoms with van der Waals surface area (Å²) in [5.41, 5.74) is 10.5. The van der Waals surface area contributed by atoms with Crippen molar-refractivity contribution in [3.05, 3.63) is 24.3 Å². The fraction of sp³-hybridized carbons (Fsp3) is 0.429. The van der Waals surface area contributed by atoms with Crippen molar-refractivity contribution in [2.45, 2.75) is 11.8 Å². The third-order valence-electron chi connectivity index (χ3n) is 1.66. The Labute approximate surface area is 60.3 Å². The highest BCUT2D eigenvalue weighted by Gasteiger charge is 2.28. The van der Waals surface area contributed by atoms with Crippen LogP contribution in [0, 0.1) is 0 Å². The number of hydrogen-bond acceptors (Lipinski definition) is 3. The summed E-state index contributed by atoms with van der Waals surface area (Å²) in [7, 11) is 1.54. The van der Waals surface area contributed by atoms with Crippen LogP contribution in [0.15, 0.2) is 24.3 Å². The normalized spacial score (nSPS) is 38.5. The average molecular weight is 140 g/mol. The van der Waals surface area contributed by atoms with E-state index in [0.29, 0.717) is 0 Å². The van der Waals surface area contributed by atoms with Crippen LogP contribution in [0.5, 0.6) is 0 Å². The van der Waals surface area contributed by atoms with Crippen molar-refractivity contribution in [2.75, 3.05) is 7.11 Å². The number of hydrogen-bond donors (Lipinski definition) is 2. The molecule has 56 valence electrons. The molecular formula is C7H12N2O. The summed E-state index contributed by atoms with van der Waals surface area (Å²) in [5, 5.41) is 0. The zero-order valence-corrected chi connectivity index (χ0v) is 5.95. The van der Waals surface area contributed by atoms with E-state index in [-0.39, 0.29) is 6.04 Å². The van der Waals surface area contributed by atoms with Crippen LogP contribution in [0.4, 0.5) is 0 Å². The molecule has 2 unspecified atom stereocenters. The van der Waals surface area contributed by atoms with E-state index in [9.17, 15) is 0 Å². The number of methoxy groups -OCH3 is 1. The molecule has 0 spiro atoms. The third-order valence-corrected chi connectivity index (χ3v) is 1.66. The molecule has 3 nitrogen and oxygen atoms in total. The quantitative estimate of drug-likeness (QED) is 0.493. The molecular weight excluding hydrogens is 128 g/mol. The summed E-state index contributed by atoms with van der Waals surface area (Å²) < 4.78 is 5.01. The molecule has 1 aliphatic carbocycles. The van der Waals surface area contributed by atoms with E-state index in [1.165, 1.54) is 0 Å². The molecule has 3 heteroatoms. The van der Waals surface area contributed by atoms with Gasteiger partial charge in [0.25, 0.3) is 0 Å². The Morgan fingerprint density at radius 3 is 2.60 bits per heavy atom. The second-order valence-corrected chi connectivity index (χ2v) is 2.33. The van der Waals surface area contributed by atoms with Gasteiger partial charge in [-0.05, 0) is 6.08 Å². The molecule has 4 N–H and O–H groups in total. The van der Waals surface area contributed by atoms with Gasteiger partial charge in [-0.2, -0.15) is 0 Å². The minimum absolute atomic E-state index is 0.248. The molecule has 0 aliphatic heterocycles. The van der Waals surface area contributed by atoms with Crippen molar-refractivity contribution in [3.8, 4) is 0 Å². The Kier molecular flexibility index (Phi) is 1.89. The van der Waals surface area contributed by atoms with Crippen molar-refractivity contribution in [1.82, 2.24) is 0 Å². The molecule has 10 heavy (non-hydrogen) atoms. The van der Waals surface area contributed by atoms with E-state index < -0.39 is 5.72 Å². The van der Waals surface area contributed by atoms with Gasteiger partial charge in [0.1, 0.15) is 0 Å². The lowest BCUT2D eigenvalue weighted by atomic mass is 10.0. The van der Waals surface area contributed by atoms with Crippen LogP contribution in [-0.2, 0) is 4.74 Å². The second kappa shape index (κ2) is 2.54.